The summed E-state index contributed by atoms with van der Waals surface area (Å²) in [5.74, 6) is 0.663. The molecule has 0 unspecified atom stereocenters. The molecule has 0 spiro atoms. The number of aryl methyl sites for hydroxylation is 1. The van der Waals surface area contributed by atoms with Gasteiger partial charge in [-0.2, -0.15) is 5.10 Å². The Hall–Kier alpha value is -3.61. The van der Waals surface area contributed by atoms with Crippen LogP contribution in [0.1, 0.15) is 33.3 Å². The van der Waals surface area contributed by atoms with Crippen molar-refractivity contribution in [3.8, 4) is 5.75 Å². The minimum absolute atomic E-state index is 0.233. The van der Waals surface area contributed by atoms with E-state index in [0.717, 1.165) is 11.3 Å². The fourth-order valence-corrected chi connectivity index (χ4v) is 2.62. The normalized spacial score (nSPS) is 10.4. The van der Waals surface area contributed by atoms with Gasteiger partial charge in [-0.3, -0.25) is 14.3 Å². The van der Waals surface area contributed by atoms with E-state index in [2.05, 4.69) is 15.7 Å². The highest BCUT2D eigenvalue weighted by molar-refractivity contribution is 6.04. The Kier molecular flexibility index (Phi) is 6.06. The zero-order valence-corrected chi connectivity index (χ0v) is 15.8. The molecule has 2 amide bonds. The van der Waals surface area contributed by atoms with Gasteiger partial charge in [0, 0.05) is 25.2 Å². The molecule has 3 aromatic rings. The molecular formula is C21H22N4O3. The van der Waals surface area contributed by atoms with Crippen LogP contribution in [-0.2, 0) is 13.6 Å². The summed E-state index contributed by atoms with van der Waals surface area (Å²) < 4.78 is 6.87. The van der Waals surface area contributed by atoms with E-state index in [0.29, 0.717) is 24.5 Å². The lowest BCUT2D eigenvalue weighted by Crippen LogP contribution is -2.23. The molecule has 0 radical (unpaired) electrons. The van der Waals surface area contributed by atoms with Gasteiger partial charge in [0.25, 0.3) is 11.8 Å². The van der Waals surface area contributed by atoms with Crippen molar-refractivity contribution in [3.63, 3.8) is 0 Å². The van der Waals surface area contributed by atoms with Crippen molar-refractivity contribution >= 4 is 17.6 Å². The van der Waals surface area contributed by atoms with Gasteiger partial charge in [0.15, 0.2) is 5.69 Å². The molecular weight excluding hydrogens is 356 g/mol. The number of benzene rings is 2. The molecule has 1 heterocycles. The van der Waals surface area contributed by atoms with Crippen LogP contribution in [0.2, 0.25) is 0 Å². The average molecular weight is 378 g/mol. The van der Waals surface area contributed by atoms with E-state index in [-0.39, 0.29) is 17.5 Å². The Bertz CT molecular complexity index is 950. The van der Waals surface area contributed by atoms with Crippen molar-refractivity contribution in [2.24, 2.45) is 7.05 Å². The van der Waals surface area contributed by atoms with Crippen molar-refractivity contribution in [1.82, 2.24) is 15.1 Å². The highest BCUT2D eigenvalue weighted by Crippen LogP contribution is 2.13. The topological polar surface area (TPSA) is 85.3 Å². The number of rotatable bonds is 7. The number of nitrogens with one attached hydrogen (secondary N) is 2. The zero-order chi connectivity index (χ0) is 19.9. The van der Waals surface area contributed by atoms with Crippen molar-refractivity contribution in [2.75, 3.05) is 11.9 Å². The minimum atomic E-state index is -0.315. The predicted octanol–water partition coefficient (Wildman–Crippen LogP) is 3.00. The van der Waals surface area contributed by atoms with Crippen molar-refractivity contribution in [2.45, 2.75) is 13.5 Å². The van der Waals surface area contributed by atoms with E-state index < -0.39 is 0 Å². The molecule has 0 aliphatic rings. The third kappa shape index (κ3) is 4.76. The Morgan fingerprint density at radius 2 is 1.75 bits per heavy atom. The van der Waals surface area contributed by atoms with Gasteiger partial charge in [0.2, 0.25) is 0 Å². The first-order valence-corrected chi connectivity index (χ1v) is 8.97. The number of anilines is 1. The molecule has 28 heavy (non-hydrogen) atoms. The molecule has 2 N–H and O–H groups in total. The van der Waals surface area contributed by atoms with Crippen molar-refractivity contribution in [3.05, 3.63) is 77.5 Å². The third-order valence-corrected chi connectivity index (χ3v) is 4.08. The second-order valence-corrected chi connectivity index (χ2v) is 6.12. The molecule has 144 valence electrons. The highest BCUT2D eigenvalue weighted by Gasteiger charge is 2.15. The molecule has 0 atom stereocenters. The molecule has 0 aliphatic heterocycles. The smallest absolute Gasteiger partial charge is 0.272 e. The summed E-state index contributed by atoms with van der Waals surface area (Å²) >= 11 is 0. The maximum atomic E-state index is 12.4. The van der Waals surface area contributed by atoms with Gasteiger partial charge < -0.3 is 15.4 Å². The van der Waals surface area contributed by atoms with Crippen LogP contribution in [-0.4, -0.2) is 28.2 Å². The molecule has 7 heteroatoms. The molecule has 7 nitrogen and oxygen atoms in total. The lowest BCUT2D eigenvalue weighted by Gasteiger charge is -2.06. The van der Waals surface area contributed by atoms with Gasteiger partial charge in [0.1, 0.15) is 11.6 Å². The number of ether oxygens (including phenoxy) is 1. The van der Waals surface area contributed by atoms with Gasteiger partial charge >= 0.3 is 0 Å². The first-order valence-electron chi connectivity index (χ1n) is 8.97. The number of aromatic nitrogens is 2. The molecule has 0 aliphatic carbocycles. The zero-order valence-electron chi connectivity index (χ0n) is 15.8. The lowest BCUT2D eigenvalue weighted by atomic mass is 10.2. The molecule has 1 aromatic heterocycles. The Morgan fingerprint density at radius 3 is 2.43 bits per heavy atom. The van der Waals surface area contributed by atoms with Crippen LogP contribution >= 0.6 is 0 Å². The van der Waals surface area contributed by atoms with E-state index in [1.165, 1.54) is 4.68 Å². The van der Waals surface area contributed by atoms with E-state index in [1.54, 1.807) is 37.4 Å². The second kappa shape index (κ2) is 8.85. The number of amides is 2. The molecule has 0 bridgehead atoms. The van der Waals surface area contributed by atoms with Crippen LogP contribution in [0.25, 0.3) is 0 Å². The fraction of sp³-hybridized carbons (Fsp3) is 0.190. The number of carbonyl (C=O) groups is 2. The Balaban J connectivity index is 1.60. The van der Waals surface area contributed by atoms with Crippen LogP contribution in [0.3, 0.4) is 0 Å². The summed E-state index contributed by atoms with van der Waals surface area (Å²) in [6, 6.07) is 17.9. The largest absolute Gasteiger partial charge is 0.494 e. The van der Waals surface area contributed by atoms with Crippen molar-refractivity contribution < 1.29 is 14.3 Å². The molecule has 0 fully saturated rings. The summed E-state index contributed by atoms with van der Waals surface area (Å²) in [5, 5.41) is 9.76. The number of nitrogens with zero attached hydrogens (tertiary/aromatic N) is 2. The van der Waals surface area contributed by atoms with Crippen LogP contribution in [0, 0.1) is 0 Å². The standard InChI is InChI=1S/C21H22N4O3/c1-3-28-17-11-9-15(10-12-17)14-22-21(27)18-13-19(25(2)24-18)23-20(26)16-7-5-4-6-8-16/h4-13H,3,14H2,1-2H3,(H,22,27)(H,23,26). The minimum Gasteiger partial charge on any atom is -0.494 e. The Morgan fingerprint density at radius 1 is 1.04 bits per heavy atom. The first kappa shape index (κ1) is 19.2. The van der Waals surface area contributed by atoms with E-state index >= 15 is 0 Å². The third-order valence-electron chi connectivity index (χ3n) is 4.08. The Labute approximate surface area is 163 Å². The summed E-state index contributed by atoms with van der Waals surface area (Å²) in [6.07, 6.45) is 0. The SMILES string of the molecule is CCOc1ccc(CNC(=O)c2cc(NC(=O)c3ccccc3)n(C)n2)cc1. The lowest BCUT2D eigenvalue weighted by molar-refractivity contribution is 0.0944. The van der Waals surface area contributed by atoms with Gasteiger partial charge in [-0.1, -0.05) is 30.3 Å². The van der Waals surface area contributed by atoms with E-state index in [4.69, 9.17) is 4.74 Å². The molecule has 3 rings (SSSR count). The second-order valence-electron chi connectivity index (χ2n) is 6.12. The number of hydrogen-bond donors (Lipinski definition) is 2. The quantitative estimate of drug-likeness (QED) is 0.662. The summed E-state index contributed by atoms with van der Waals surface area (Å²) in [4.78, 5) is 24.7. The van der Waals surface area contributed by atoms with Gasteiger partial charge in [0.05, 0.1) is 6.61 Å². The number of hydrogen-bond acceptors (Lipinski definition) is 4. The van der Waals surface area contributed by atoms with Crippen LogP contribution in [0.4, 0.5) is 5.82 Å². The van der Waals surface area contributed by atoms with Crippen LogP contribution in [0.5, 0.6) is 5.75 Å². The molecule has 0 saturated heterocycles. The van der Waals surface area contributed by atoms with Gasteiger partial charge in [-0.05, 0) is 36.8 Å². The van der Waals surface area contributed by atoms with Crippen molar-refractivity contribution in [1.29, 1.82) is 0 Å². The molecule has 0 saturated carbocycles. The summed E-state index contributed by atoms with van der Waals surface area (Å²) in [5.41, 5.74) is 1.72. The first-order chi connectivity index (χ1) is 13.6. The van der Waals surface area contributed by atoms with E-state index in [9.17, 15) is 9.59 Å². The predicted molar refractivity (Wildman–Crippen MR) is 106 cm³/mol. The maximum absolute atomic E-state index is 12.4. The monoisotopic (exact) mass is 378 g/mol. The van der Waals surface area contributed by atoms with Crippen LogP contribution < -0.4 is 15.4 Å². The highest BCUT2D eigenvalue weighted by atomic mass is 16.5. The maximum Gasteiger partial charge on any atom is 0.272 e. The summed E-state index contributed by atoms with van der Waals surface area (Å²) in [7, 11) is 1.67. The van der Waals surface area contributed by atoms with Gasteiger partial charge in [-0.15, -0.1) is 0 Å². The number of carbonyl (C=O) groups excluding carboxylic acids is 2. The van der Waals surface area contributed by atoms with Crippen LogP contribution in [0.15, 0.2) is 60.7 Å². The fourth-order valence-electron chi connectivity index (χ4n) is 2.62. The summed E-state index contributed by atoms with van der Waals surface area (Å²) in [6.45, 7) is 2.91. The van der Waals surface area contributed by atoms with Gasteiger partial charge in [-0.25, -0.2) is 0 Å². The van der Waals surface area contributed by atoms with E-state index in [1.807, 2.05) is 37.3 Å². The average Bonchev–Trinajstić information content (AvgIpc) is 3.08. The molecule has 2 aromatic carbocycles.